The van der Waals surface area contributed by atoms with E-state index in [-0.39, 0.29) is 5.91 Å². The lowest BCUT2D eigenvalue weighted by atomic mass is 10.2. The van der Waals surface area contributed by atoms with E-state index in [0.717, 1.165) is 24.5 Å². The number of hydrogen-bond acceptors (Lipinski definition) is 3. The summed E-state index contributed by atoms with van der Waals surface area (Å²) in [4.78, 5) is 14.7. The first-order valence-corrected chi connectivity index (χ1v) is 7.88. The number of aromatic nitrogens is 2. The Labute approximate surface area is 130 Å². The van der Waals surface area contributed by atoms with Crippen molar-refractivity contribution >= 4 is 17.3 Å². The molecule has 5 heteroatoms. The van der Waals surface area contributed by atoms with Crippen molar-refractivity contribution < 1.29 is 4.79 Å². The van der Waals surface area contributed by atoms with Gasteiger partial charge in [0.1, 0.15) is 0 Å². The maximum atomic E-state index is 12.3. The minimum atomic E-state index is -0.115. The summed E-state index contributed by atoms with van der Waals surface area (Å²) in [6.45, 7) is 2.11. The van der Waals surface area contributed by atoms with Crippen LogP contribution in [0.15, 0.2) is 36.7 Å². The molecule has 1 aromatic carbocycles. The summed E-state index contributed by atoms with van der Waals surface area (Å²) >= 11 is 0. The largest absolute Gasteiger partial charge is 0.370 e. The molecule has 1 aliphatic heterocycles. The number of benzene rings is 1. The Morgan fingerprint density at radius 3 is 2.55 bits per heavy atom. The maximum Gasteiger partial charge on any atom is 0.258 e. The van der Waals surface area contributed by atoms with Gasteiger partial charge in [0.05, 0.1) is 23.1 Å². The Hall–Kier alpha value is -2.30. The van der Waals surface area contributed by atoms with Gasteiger partial charge in [0.15, 0.2) is 0 Å². The highest BCUT2D eigenvalue weighted by atomic mass is 16.1. The summed E-state index contributed by atoms with van der Waals surface area (Å²) in [6, 6.07) is 8.04. The van der Waals surface area contributed by atoms with Gasteiger partial charge in [0.25, 0.3) is 5.91 Å². The smallest absolute Gasteiger partial charge is 0.258 e. The molecule has 2 heterocycles. The molecule has 1 saturated heterocycles. The van der Waals surface area contributed by atoms with Crippen LogP contribution >= 0.6 is 0 Å². The highest BCUT2D eigenvalue weighted by Gasteiger charge is 2.15. The molecule has 1 N–H and O–H groups in total. The summed E-state index contributed by atoms with van der Waals surface area (Å²) < 4.78 is 1.63. The highest BCUT2D eigenvalue weighted by Crippen LogP contribution is 2.28. The van der Waals surface area contributed by atoms with Crippen molar-refractivity contribution in [1.29, 1.82) is 0 Å². The molecule has 0 saturated carbocycles. The molecular weight excluding hydrogens is 276 g/mol. The number of rotatable bonds is 3. The molecule has 1 amide bonds. The molecule has 0 atom stereocenters. The summed E-state index contributed by atoms with van der Waals surface area (Å²) in [5.74, 6) is -0.115. The van der Waals surface area contributed by atoms with E-state index < -0.39 is 0 Å². The zero-order valence-electron chi connectivity index (χ0n) is 13.0. The van der Waals surface area contributed by atoms with Crippen LogP contribution in [0.3, 0.4) is 0 Å². The van der Waals surface area contributed by atoms with Gasteiger partial charge in [-0.15, -0.1) is 0 Å². The molecule has 0 spiro atoms. The molecule has 0 unspecified atom stereocenters. The van der Waals surface area contributed by atoms with E-state index in [4.69, 9.17) is 0 Å². The lowest BCUT2D eigenvalue weighted by molar-refractivity contribution is 0.102. The molecule has 0 aliphatic carbocycles. The zero-order valence-corrected chi connectivity index (χ0v) is 13.0. The molecule has 22 heavy (non-hydrogen) atoms. The van der Waals surface area contributed by atoms with Gasteiger partial charge < -0.3 is 10.2 Å². The lowest BCUT2D eigenvalue weighted by Gasteiger charge is -2.25. The number of nitrogens with one attached hydrogen (secondary N) is 1. The Kier molecular flexibility index (Phi) is 4.42. The molecule has 1 fully saturated rings. The third-order valence-corrected chi connectivity index (χ3v) is 4.07. The van der Waals surface area contributed by atoms with Crippen molar-refractivity contribution in [2.75, 3.05) is 23.3 Å². The second-order valence-corrected chi connectivity index (χ2v) is 5.78. The Balaban J connectivity index is 1.80. The number of hydrogen-bond donors (Lipinski definition) is 1. The van der Waals surface area contributed by atoms with Crippen molar-refractivity contribution in [3.05, 3.63) is 42.2 Å². The van der Waals surface area contributed by atoms with Crippen LogP contribution in [0.5, 0.6) is 0 Å². The first kappa shape index (κ1) is 14.6. The molecule has 5 nitrogen and oxygen atoms in total. The summed E-state index contributed by atoms with van der Waals surface area (Å²) in [5, 5.41) is 7.07. The van der Waals surface area contributed by atoms with Gasteiger partial charge in [-0.1, -0.05) is 25.0 Å². The van der Waals surface area contributed by atoms with Gasteiger partial charge >= 0.3 is 0 Å². The van der Waals surface area contributed by atoms with Crippen LogP contribution in [0.1, 0.15) is 36.0 Å². The lowest BCUT2D eigenvalue weighted by Crippen LogP contribution is -2.25. The SMILES string of the molecule is Cn1cc(C(=O)Nc2ccccc2N2CCCCCC2)cn1. The van der Waals surface area contributed by atoms with Gasteiger partial charge in [-0.05, 0) is 25.0 Å². The van der Waals surface area contributed by atoms with E-state index in [0.29, 0.717) is 5.56 Å². The van der Waals surface area contributed by atoms with Crippen LogP contribution in [-0.4, -0.2) is 28.8 Å². The molecule has 0 bridgehead atoms. The second-order valence-electron chi connectivity index (χ2n) is 5.78. The number of carbonyl (C=O) groups excluding carboxylic acids is 1. The molecule has 1 aliphatic rings. The average Bonchev–Trinajstić information content (AvgIpc) is 2.80. The minimum absolute atomic E-state index is 0.115. The number of nitrogens with zero attached hydrogens (tertiary/aromatic N) is 3. The van der Waals surface area contributed by atoms with Crippen LogP contribution in [0.25, 0.3) is 0 Å². The van der Waals surface area contributed by atoms with Crippen molar-refractivity contribution in [2.45, 2.75) is 25.7 Å². The van der Waals surface area contributed by atoms with Gasteiger partial charge in [0.2, 0.25) is 0 Å². The topological polar surface area (TPSA) is 50.2 Å². The van der Waals surface area contributed by atoms with E-state index in [1.807, 2.05) is 25.2 Å². The van der Waals surface area contributed by atoms with Crippen LogP contribution in [0.2, 0.25) is 0 Å². The van der Waals surface area contributed by atoms with Crippen LogP contribution < -0.4 is 10.2 Å². The van der Waals surface area contributed by atoms with E-state index >= 15 is 0 Å². The highest BCUT2D eigenvalue weighted by molar-refractivity contribution is 6.05. The number of amides is 1. The van der Waals surface area contributed by atoms with Crippen molar-refractivity contribution in [3.8, 4) is 0 Å². The number of carbonyl (C=O) groups is 1. The van der Waals surface area contributed by atoms with Crippen molar-refractivity contribution in [3.63, 3.8) is 0 Å². The van der Waals surface area contributed by atoms with Gasteiger partial charge in [-0.2, -0.15) is 5.10 Å². The first-order valence-electron chi connectivity index (χ1n) is 7.88. The van der Waals surface area contributed by atoms with Gasteiger partial charge in [-0.25, -0.2) is 0 Å². The standard InChI is InChI=1S/C17H22N4O/c1-20-13-14(12-18-20)17(22)19-15-8-4-5-9-16(15)21-10-6-2-3-7-11-21/h4-5,8-9,12-13H,2-3,6-7,10-11H2,1H3,(H,19,22). The normalized spacial score (nSPS) is 15.4. The Morgan fingerprint density at radius 2 is 1.86 bits per heavy atom. The quantitative estimate of drug-likeness (QED) is 0.947. The van der Waals surface area contributed by atoms with Gasteiger partial charge in [0, 0.05) is 26.3 Å². The predicted molar refractivity (Wildman–Crippen MR) is 88.3 cm³/mol. The van der Waals surface area contributed by atoms with Gasteiger partial charge in [-0.3, -0.25) is 9.48 Å². The molecule has 1 aromatic heterocycles. The number of para-hydroxylation sites is 2. The van der Waals surface area contributed by atoms with E-state index in [9.17, 15) is 4.79 Å². The number of anilines is 2. The first-order chi connectivity index (χ1) is 10.7. The molecule has 3 rings (SSSR count). The predicted octanol–water partition coefficient (Wildman–Crippen LogP) is 3.05. The molecule has 116 valence electrons. The zero-order chi connectivity index (χ0) is 15.4. The van der Waals surface area contributed by atoms with E-state index in [1.54, 1.807) is 17.1 Å². The third-order valence-electron chi connectivity index (χ3n) is 4.07. The Morgan fingerprint density at radius 1 is 1.14 bits per heavy atom. The van der Waals surface area contributed by atoms with E-state index in [2.05, 4.69) is 21.4 Å². The maximum absolute atomic E-state index is 12.3. The fraction of sp³-hybridized carbons (Fsp3) is 0.412. The summed E-state index contributed by atoms with van der Waals surface area (Å²) in [5.41, 5.74) is 2.56. The third kappa shape index (κ3) is 3.30. The minimum Gasteiger partial charge on any atom is -0.370 e. The summed E-state index contributed by atoms with van der Waals surface area (Å²) in [7, 11) is 1.81. The molecule has 2 aromatic rings. The molecular formula is C17H22N4O. The number of aryl methyl sites for hydroxylation is 1. The van der Waals surface area contributed by atoms with E-state index in [1.165, 1.54) is 25.7 Å². The monoisotopic (exact) mass is 298 g/mol. The average molecular weight is 298 g/mol. The van der Waals surface area contributed by atoms with Crippen molar-refractivity contribution in [2.24, 2.45) is 7.05 Å². The molecule has 0 radical (unpaired) electrons. The second kappa shape index (κ2) is 6.64. The van der Waals surface area contributed by atoms with Crippen LogP contribution in [0.4, 0.5) is 11.4 Å². The van der Waals surface area contributed by atoms with Crippen LogP contribution in [-0.2, 0) is 7.05 Å². The fourth-order valence-electron chi connectivity index (χ4n) is 2.90. The summed E-state index contributed by atoms with van der Waals surface area (Å²) in [6.07, 6.45) is 8.32. The van der Waals surface area contributed by atoms with Crippen LogP contribution in [0, 0.1) is 0 Å². The van der Waals surface area contributed by atoms with Crippen molar-refractivity contribution in [1.82, 2.24) is 9.78 Å². The fourth-order valence-corrected chi connectivity index (χ4v) is 2.90. The Bertz CT molecular complexity index is 642.